The Labute approximate surface area is 184 Å². The summed E-state index contributed by atoms with van der Waals surface area (Å²) in [6, 6.07) is 5.89. The maximum atomic E-state index is 13.3. The van der Waals surface area contributed by atoms with Crippen molar-refractivity contribution in [1.82, 2.24) is 24.6 Å². The number of carbonyl (C=O) groups is 2. The predicted molar refractivity (Wildman–Crippen MR) is 118 cm³/mol. The molecule has 1 amide bonds. The van der Waals surface area contributed by atoms with Gasteiger partial charge >= 0.3 is 5.97 Å². The van der Waals surface area contributed by atoms with E-state index in [9.17, 15) is 9.59 Å². The fourth-order valence-corrected chi connectivity index (χ4v) is 4.19. The molecule has 1 unspecified atom stereocenters. The molecule has 1 saturated heterocycles. The number of pyridine rings is 1. The summed E-state index contributed by atoms with van der Waals surface area (Å²) in [7, 11) is 0. The fraction of sp³-hybridized carbons (Fsp3) is 0.565. The summed E-state index contributed by atoms with van der Waals surface area (Å²) in [5.74, 6) is 0.282. The molecule has 0 bridgehead atoms. The van der Waals surface area contributed by atoms with Gasteiger partial charge in [0.1, 0.15) is 0 Å². The third-order valence-electron chi connectivity index (χ3n) is 5.74. The summed E-state index contributed by atoms with van der Waals surface area (Å²) in [5, 5.41) is 4.44. The maximum absolute atomic E-state index is 13.3. The van der Waals surface area contributed by atoms with Crippen LogP contribution in [0.3, 0.4) is 0 Å². The fourth-order valence-electron chi connectivity index (χ4n) is 4.19. The quantitative estimate of drug-likeness (QED) is 0.573. The van der Waals surface area contributed by atoms with Gasteiger partial charge in [0.05, 0.1) is 24.3 Å². The van der Waals surface area contributed by atoms with Gasteiger partial charge in [0.25, 0.3) is 5.91 Å². The summed E-state index contributed by atoms with van der Waals surface area (Å²) in [6.45, 7) is 11.1. The first-order valence-corrected chi connectivity index (χ1v) is 11.1. The zero-order chi connectivity index (χ0) is 22.4. The van der Waals surface area contributed by atoms with Gasteiger partial charge in [-0.2, -0.15) is 5.10 Å². The average molecular weight is 428 g/mol. The molecule has 31 heavy (non-hydrogen) atoms. The van der Waals surface area contributed by atoms with Crippen molar-refractivity contribution in [3.05, 3.63) is 41.3 Å². The number of carbonyl (C=O) groups excluding carboxylic acids is 2. The van der Waals surface area contributed by atoms with E-state index in [1.165, 1.54) is 0 Å². The Morgan fingerprint density at radius 1 is 1.26 bits per heavy atom. The molecule has 3 rings (SSSR count). The highest BCUT2D eigenvalue weighted by atomic mass is 16.5. The van der Waals surface area contributed by atoms with Crippen molar-refractivity contribution in [1.29, 1.82) is 0 Å². The van der Waals surface area contributed by atoms with Crippen molar-refractivity contribution in [3.8, 4) is 5.82 Å². The Kier molecular flexibility index (Phi) is 7.79. The normalized spacial score (nSPS) is 16.5. The molecule has 0 saturated carbocycles. The Balaban J connectivity index is 1.76. The minimum atomic E-state index is -0.280. The van der Waals surface area contributed by atoms with Crippen molar-refractivity contribution in [2.24, 2.45) is 0 Å². The third kappa shape index (κ3) is 5.70. The molecule has 8 heteroatoms. The lowest BCUT2D eigenvalue weighted by molar-refractivity contribution is -0.143. The van der Waals surface area contributed by atoms with Crippen molar-refractivity contribution >= 4 is 11.9 Å². The van der Waals surface area contributed by atoms with Gasteiger partial charge in [-0.05, 0) is 64.9 Å². The second-order valence-corrected chi connectivity index (χ2v) is 7.97. The summed E-state index contributed by atoms with van der Waals surface area (Å²) in [5.41, 5.74) is 2.41. The van der Waals surface area contributed by atoms with Crippen LogP contribution in [0.1, 0.15) is 54.9 Å². The topological polar surface area (TPSA) is 80.6 Å². The second-order valence-electron chi connectivity index (χ2n) is 7.97. The average Bonchev–Trinajstić information content (AvgIpc) is 3.35. The van der Waals surface area contributed by atoms with E-state index in [2.05, 4.69) is 21.9 Å². The summed E-state index contributed by atoms with van der Waals surface area (Å²) in [4.78, 5) is 33.9. The van der Waals surface area contributed by atoms with E-state index in [1.807, 2.05) is 26.0 Å². The Bertz CT molecular complexity index is 893. The highest BCUT2D eigenvalue weighted by Crippen LogP contribution is 2.19. The number of amides is 1. The van der Waals surface area contributed by atoms with Crippen molar-refractivity contribution < 1.29 is 14.3 Å². The highest BCUT2D eigenvalue weighted by molar-refractivity contribution is 5.94. The summed E-state index contributed by atoms with van der Waals surface area (Å²) >= 11 is 0. The lowest BCUT2D eigenvalue weighted by Gasteiger charge is -2.30. The first kappa shape index (κ1) is 22.9. The monoisotopic (exact) mass is 427 g/mol. The SMILES string of the molecule is CCOC(=O)CCN(CC1CCCN1CC)C(=O)c1ccc(-n2nc(C)cc2C)nc1. The molecule has 0 spiro atoms. The van der Waals surface area contributed by atoms with Crippen LogP contribution in [-0.4, -0.2) is 75.3 Å². The van der Waals surface area contributed by atoms with Gasteiger partial charge in [-0.1, -0.05) is 6.92 Å². The van der Waals surface area contributed by atoms with Gasteiger partial charge in [-0.3, -0.25) is 14.5 Å². The van der Waals surface area contributed by atoms with Crippen LogP contribution in [0.4, 0.5) is 0 Å². The van der Waals surface area contributed by atoms with E-state index in [0.29, 0.717) is 37.1 Å². The Morgan fingerprint density at radius 2 is 2.06 bits per heavy atom. The van der Waals surface area contributed by atoms with E-state index in [1.54, 1.807) is 28.8 Å². The number of ether oxygens (including phenoxy) is 1. The maximum Gasteiger partial charge on any atom is 0.307 e. The van der Waals surface area contributed by atoms with E-state index in [0.717, 1.165) is 37.3 Å². The van der Waals surface area contributed by atoms with Crippen LogP contribution in [0.5, 0.6) is 0 Å². The molecule has 0 N–H and O–H groups in total. The smallest absolute Gasteiger partial charge is 0.307 e. The minimum Gasteiger partial charge on any atom is -0.466 e. The molecule has 0 radical (unpaired) electrons. The van der Waals surface area contributed by atoms with Crippen LogP contribution in [0.2, 0.25) is 0 Å². The molecule has 0 aromatic carbocycles. The molecule has 8 nitrogen and oxygen atoms in total. The van der Waals surface area contributed by atoms with E-state index in [4.69, 9.17) is 4.74 Å². The number of likely N-dealkylation sites (N-methyl/N-ethyl adjacent to an activating group) is 1. The van der Waals surface area contributed by atoms with E-state index in [-0.39, 0.29) is 18.3 Å². The van der Waals surface area contributed by atoms with Crippen molar-refractivity contribution in [2.75, 3.05) is 32.8 Å². The molecule has 2 aromatic rings. The number of hydrogen-bond acceptors (Lipinski definition) is 6. The minimum absolute atomic E-state index is 0.111. The zero-order valence-electron chi connectivity index (χ0n) is 19.0. The van der Waals surface area contributed by atoms with Crippen LogP contribution in [-0.2, 0) is 9.53 Å². The third-order valence-corrected chi connectivity index (χ3v) is 5.74. The van der Waals surface area contributed by atoms with Crippen molar-refractivity contribution in [2.45, 2.75) is 53.0 Å². The Morgan fingerprint density at radius 3 is 2.68 bits per heavy atom. The first-order chi connectivity index (χ1) is 14.9. The van der Waals surface area contributed by atoms with Gasteiger partial charge in [-0.15, -0.1) is 0 Å². The van der Waals surface area contributed by atoms with Crippen molar-refractivity contribution in [3.63, 3.8) is 0 Å². The van der Waals surface area contributed by atoms with Gasteiger partial charge in [0.2, 0.25) is 0 Å². The van der Waals surface area contributed by atoms with Gasteiger partial charge in [0.15, 0.2) is 5.82 Å². The lowest BCUT2D eigenvalue weighted by Crippen LogP contribution is -2.44. The van der Waals surface area contributed by atoms with E-state index < -0.39 is 0 Å². The largest absolute Gasteiger partial charge is 0.466 e. The number of likely N-dealkylation sites (tertiary alicyclic amines) is 1. The van der Waals surface area contributed by atoms with Crippen LogP contribution in [0.25, 0.3) is 5.82 Å². The lowest BCUT2D eigenvalue weighted by atomic mass is 10.1. The predicted octanol–water partition coefficient (Wildman–Crippen LogP) is 2.76. The first-order valence-electron chi connectivity index (χ1n) is 11.1. The molecule has 1 aliphatic heterocycles. The number of hydrogen-bond donors (Lipinski definition) is 0. The van der Waals surface area contributed by atoms with Crippen LogP contribution >= 0.6 is 0 Å². The van der Waals surface area contributed by atoms with Crippen LogP contribution in [0.15, 0.2) is 24.4 Å². The van der Waals surface area contributed by atoms with Gasteiger partial charge in [-0.25, -0.2) is 9.67 Å². The van der Waals surface area contributed by atoms with Gasteiger partial charge < -0.3 is 9.64 Å². The summed E-state index contributed by atoms with van der Waals surface area (Å²) in [6.07, 6.45) is 3.98. The molecule has 1 aliphatic rings. The number of aromatic nitrogens is 3. The van der Waals surface area contributed by atoms with Crippen LogP contribution < -0.4 is 0 Å². The molecular weight excluding hydrogens is 394 g/mol. The number of nitrogens with zero attached hydrogens (tertiary/aromatic N) is 5. The summed E-state index contributed by atoms with van der Waals surface area (Å²) < 4.78 is 6.82. The molecule has 2 aromatic heterocycles. The standard InChI is InChI=1S/C23H33N5O3/c1-5-26-12-7-8-20(26)16-27(13-11-22(29)31-6-2)23(30)19-9-10-21(24-15-19)28-18(4)14-17(3)25-28/h9-10,14-15,20H,5-8,11-13,16H2,1-4H3. The highest BCUT2D eigenvalue weighted by Gasteiger charge is 2.28. The second kappa shape index (κ2) is 10.5. The Hall–Kier alpha value is -2.74. The zero-order valence-corrected chi connectivity index (χ0v) is 19.0. The molecule has 1 atom stereocenters. The molecular formula is C23H33N5O3. The van der Waals surface area contributed by atoms with E-state index >= 15 is 0 Å². The number of esters is 1. The van der Waals surface area contributed by atoms with Gasteiger partial charge in [0, 0.05) is 31.0 Å². The molecule has 0 aliphatic carbocycles. The number of rotatable bonds is 9. The molecule has 1 fully saturated rings. The molecule has 168 valence electrons. The number of aryl methyl sites for hydroxylation is 2. The molecule has 3 heterocycles. The van der Waals surface area contributed by atoms with Crippen LogP contribution in [0, 0.1) is 13.8 Å².